The van der Waals surface area contributed by atoms with E-state index in [1.165, 1.54) is 5.56 Å². The topological polar surface area (TPSA) is 75.0 Å². The molecule has 4 aromatic rings. The van der Waals surface area contributed by atoms with E-state index in [1.807, 2.05) is 66.4 Å². The van der Waals surface area contributed by atoms with Crippen molar-refractivity contribution in [2.24, 2.45) is 0 Å². The number of piperidine rings is 1. The van der Waals surface area contributed by atoms with Crippen molar-refractivity contribution in [1.29, 1.82) is 0 Å². The first-order valence-corrected chi connectivity index (χ1v) is 11.5. The van der Waals surface area contributed by atoms with Crippen LogP contribution >= 0.6 is 11.6 Å². The van der Waals surface area contributed by atoms with Crippen molar-refractivity contribution in [2.75, 3.05) is 13.1 Å². The van der Waals surface area contributed by atoms with Crippen LogP contribution in [0.4, 0.5) is 0 Å². The summed E-state index contributed by atoms with van der Waals surface area (Å²) in [5, 5.41) is 7.98. The number of benzene rings is 2. The summed E-state index contributed by atoms with van der Waals surface area (Å²) >= 11 is 5.97. The number of likely N-dealkylation sites (tertiary alicyclic amines) is 1. The fourth-order valence-corrected chi connectivity index (χ4v) is 4.36. The number of H-pyrrole nitrogens is 1. The third-order valence-corrected chi connectivity index (χ3v) is 6.33. The highest BCUT2D eigenvalue weighted by Crippen LogP contribution is 2.28. The number of hydrogen-bond acceptors (Lipinski definition) is 4. The number of hydrogen-bond donors (Lipinski definition) is 1. The molecule has 1 saturated heterocycles. The quantitative estimate of drug-likeness (QED) is 0.418. The summed E-state index contributed by atoms with van der Waals surface area (Å²) in [6.45, 7) is 3.34. The van der Waals surface area contributed by atoms with Gasteiger partial charge in [-0.05, 0) is 43.5 Å². The molecule has 0 radical (unpaired) electrons. The average Bonchev–Trinajstić information content (AvgIpc) is 3.51. The molecule has 3 heterocycles. The van der Waals surface area contributed by atoms with Crippen LogP contribution in [0.25, 0.3) is 11.3 Å². The molecule has 168 valence electrons. The van der Waals surface area contributed by atoms with Crippen LogP contribution in [0.5, 0.6) is 0 Å². The highest BCUT2D eigenvalue weighted by Gasteiger charge is 2.29. The number of amides is 1. The van der Waals surface area contributed by atoms with Crippen LogP contribution in [-0.4, -0.2) is 39.1 Å². The maximum absolute atomic E-state index is 13.1. The lowest BCUT2D eigenvalue weighted by Gasteiger charge is -2.30. The zero-order chi connectivity index (χ0) is 22.8. The Morgan fingerprint density at radius 1 is 1.18 bits per heavy atom. The van der Waals surface area contributed by atoms with E-state index < -0.39 is 0 Å². The standard InChI is InChI=1S/C26H25ClN4O2/c1-17-4-8-19(9-5-17)23-14-24(30-29-23)26(32)31-12-2-3-20(16-31)25-28-15-22(33-25)13-18-6-10-21(27)11-7-18/h4-11,14-15,20H,2-3,12-13,16H2,1H3,(H,29,30). The number of rotatable bonds is 5. The number of nitrogens with zero attached hydrogens (tertiary/aromatic N) is 3. The minimum atomic E-state index is -0.0431. The number of carbonyl (C=O) groups is 1. The highest BCUT2D eigenvalue weighted by atomic mass is 35.5. The smallest absolute Gasteiger partial charge is 0.271 e. The van der Waals surface area contributed by atoms with Gasteiger partial charge in [0.05, 0.1) is 17.8 Å². The normalized spacial score (nSPS) is 16.2. The van der Waals surface area contributed by atoms with Crippen LogP contribution in [0, 0.1) is 6.92 Å². The molecule has 1 N–H and O–H groups in total. The molecular weight excluding hydrogens is 436 g/mol. The highest BCUT2D eigenvalue weighted by molar-refractivity contribution is 6.30. The summed E-state index contributed by atoms with van der Waals surface area (Å²) in [4.78, 5) is 19.5. The molecule has 7 heteroatoms. The van der Waals surface area contributed by atoms with Crippen LogP contribution in [0.2, 0.25) is 5.02 Å². The molecule has 6 nitrogen and oxygen atoms in total. The predicted molar refractivity (Wildman–Crippen MR) is 127 cm³/mol. The van der Waals surface area contributed by atoms with Gasteiger partial charge in [0.25, 0.3) is 5.91 Å². The molecule has 2 aromatic heterocycles. The number of oxazole rings is 1. The SMILES string of the molecule is Cc1ccc(-c2cc(C(=O)N3CCCC(c4ncc(Cc5ccc(Cl)cc5)o4)C3)[nH]n2)cc1. The molecule has 33 heavy (non-hydrogen) atoms. The molecule has 1 unspecified atom stereocenters. The monoisotopic (exact) mass is 460 g/mol. The van der Waals surface area contributed by atoms with Gasteiger partial charge >= 0.3 is 0 Å². The van der Waals surface area contributed by atoms with Crippen molar-refractivity contribution >= 4 is 17.5 Å². The van der Waals surface area contributed by atoms with E-state index in [2.05, 4.69) is 15.2 Å². The summed E-state index contributed by atoms with van der Waals surface area (Å²) in [6.07, 6.45) is 4.30. The first-order chi connectivity index (χ1) is 16.0. The van der Waals surface area contributed by atoms with Crippen molar-refractivity contribution in [3.63, 3.8) is 0 Å². The van der Waals surface area contributed by atoms with Crippen molar-refractivity contribution < 1.29 is 9.21 Å². The molecule has 2 aromatic carbocycles. The Labute approximate surface area is 197 Å². The Morgan fingerprint density at radius 3 is 2.76 bits per heavy atom. The maximum atomic E-state index is 13.1. The van der Waals surface area contributed by atoms with E-state index in [-0.39, 0.29) is 11.8 Å². The minimum absolute atomic E-state index is 0.0431. The number of aryl methyl sites for hydroxylation is 1. The lowest BCUT2D eigenvalue weighted by Crippen LogP contribution is -2.39. The zero-order valence-corrected chi connectivity index (χ0v) is 19.2. The molecule has 0 bridgehead atoms. The van der Waals surface area contributed by atoms with E-state index in [1.54, 1.807) is 6.20 Å². The molecule has 1 aliphatic rings. The van der Waals surface area contributed by atoms with Crippen molar-refractivity contribution in [3.8, 4) is 11.3 Å². The molecule has 1 atom stereocenters. The minimum Gasteiger partial charge on any atom is -0.445 e. The van der Waals surface area contributed by atoms with Gasteiger partial charge in [-0.25, -0.2) is 4.98 Å². The van der Waals surface area contributed by atoms with Gasteiger partial charge in [0, 0.05) is 30.1 Å². The van der Waals surface area contributed by atoms with Crippen LogP contribution in [0.3, 0.4) is 0 Å². The van der Waals surface area contributed by atoms with Gasteiger partial charge in [-0.2, -0.15) is 5.10 Å². The second-order valence-electron chi connectivity index (χ2n) is 8.59. The van der Waals surface area contributed by atoms with E-state index in [0.717, 1.165) is 35.4 Å². The molecule has 5 rings (SSSR count). The summed E-state index contributed by atoms with van der Waals surface area (Å²) in [5.41, 5.74) is 4.56. The lowest BCUT2D eigenvalue weighted by molar-refractivity contribution is 0.0692. The van der Waals surface area contributed by atoms with Crippen molar-refractivity contribution in [3.05, 3.63) is 94.3 Å². The van der Waals surface area contributed by atoms with Gasteiger partial charge in [0.2, 0.25) is 0 Å². The second-order valence-corrected chi connectivity index (χ2v) is 9.03. The zero-order valence-electron chi connectivity index (χ0n) is 18.4. The van der Waals surface area contributed by atoms with Gasteiger partial charge in [0.15, 0.2) is 5.89 Å². The molecule has 0 aliphatic carbocycles. The molecule has 1 amide bonds. The van der Waals surface area contributed by atoms with Crippen LogP contribution in [-0.2, 0) is 6.42 Å². The number of nitrogens with one attached hydrogen (secondary N) is 1. The van der Waals surface area contributed by atoms with Crippen LogP contribution in [0.15, 0.2) is 65.2 Å². The number of aromatic nitrogens is 3. The summed E-state index contributed by atoms with van der Waals surface area (Å²) < 4.78 is 6.06. The Bertz CT molecular complexity index is 1240. The van der Waals surface area contributed by atoms with Gasteiger partial charge in [-0.3, -0.25) is 9.89 Å². The van der Waals surface area contributed by atoms with Gasteiger partial charge < -0.3 is 9.32 Å². The van der Waals surface area contributed by atoms with E-state index in [4.69, 9.17) is 16.0 Å². The van der Waals surface area contributed by atoms with E-state index in [9.17, 15) is 4.79 Å². The summed E-state index contributed by atoms with van der Waals surface area (Å²) in [5.74, 6) is 1.55. The molecule has 0 saturated carbocycles. The number of aromatic amines is 1. The lowest BCUT2D eigenvalue weighted by atomic mass is 9.97. The summed E-state index contributed by atoms with van der Waals surface area (Å²) in [6, 6.07) is 17.7. The fourth-order valence-electron chi connectivity index (χ4n) is 4.23. The van der Waals surface area contributed by atoms with Gasteiger partial charge in [-0.15, -0.1) is 0 Å². The maximum Gasteiger partial charge on any atom is 0.271 e. The summed E-state index contributed by atoms with van der Waals surface area (Å²) in [7, 11) is 0. The Balaban J connectivity index is 1.25. The van der Waals surface area contributed by atoms with E-state index in [0.29, 0.717) is 36.1 Å². The van der Waals surface area contributed by atoms with Crippen molar-refractivity contribution in [1.82, 2.24) is 20.1 Å². The first kappa shape index (κ1) is 21.5. The van der Waals surface area contributed by atoms with Crippen LogP contribution in [0.1, 0.15) is 52.0 Å². The first-order valence-electron chi connectivity index (χ1n) is 11.2. The fraction of sp³-hybridized carbons (Fsp3) is 0.269. The Kier molecular flexibility index (Phi) is 6.01. The predicted octanol–water partition coefficient (Wildman–Crippen LogP) is 5.64. The second kappa shape index (κ2) is 9.24. The Hall–Kier alpha value is -3.38. The molecule has 0 spiro atoms. The third-order valence-electron chi connectivity index (χ3n) is 6.08. The largest absolute Gasteiger partial charge is 0.445 e. The van der Waals surface area contributed by atoms with Crippen LogP contribution < -0.4 is 0 Å². The average molecular weight is 461 g/mol. The molecular formula is C26H25ClN4O2. The van der Waals surface area contributed by atoms with Crippen molar-refractivity contribution in [2.45, 2.75) is 32.1 Å². The third kappa shape index (κ3) is 4.86. The van der Waals surface area contributed by atoms with Gasteiger partial charge in [-0.1, -0.05) is 53.6 Å². The molecule has 1 aliphatic heterocycles. The number of carbonyl (C=O) groups excluding carboxylic acids is 1. The molecule has 1 fully saturated rings. The number of halogens is 1. The van der Waals surface area contributed by atoms with E-state index >= 15 is 0 Å². The Morgan fingerprint density at radius 2 is 1.97 bits per heavy atom. The van der Waals surface area contributed by atoms with Gasteiger partial charge in [0.1, 0.15) is 11.5 Å².